The summed E-state index contributed by atoms with van der Waals surface area (Å²) in [7, 11) is 0. The van der Waals surface area contributed by atoms with Gasteiger partial charge in [0.25, 0.3) is 5.69 Å². The minimum Gasteiger partial charge on any atom is -0.258 e. The third-order valence-electron chi connectivity index (χ3n) is 3.91. The van der Waals surface area contributed by atoms with Crippen molar-refractivity contribution in [1.29, 1.82) is 0 Å². The summed E-state index contributed by atoms with van der Waals surface area (Å²) in [6, 6.07) is 18.1. The van der Waals surface area contributed by atoms with E-state index in [-0.39, 0.29) is 11.1 Å². The monoisotopic (exact) mass is 348 g/mol. The van der Waals surface area contributed by atoms with Crippen LogP contribution in [0.5, 0.6) is 0 Å². The summed E-state index contributed by atoms with van der Waals surface area (Å²) in [6.07, 6.45) is 1.69. The van der Waals surface area contributed by atoms with Crippen LogP contribution in [0.1, 0.15) is 32.0 Å². The Morgan fingerprint density at radius 2 is 1.73 bits per heavy atom. The van der Waals surface area contributed by atoms with Crippen molar-refractivity contribution in [2.45, 2.75) is 26.2 Å². The van der Waals surface area contributed by atoms with Crippen molar-refractivity contribution in [2.24, 2.45) is 4.99 Å². The van der Waals surface area contributed by atoms with Gasteiger partial charge in [0.1, 0.15) is 0 Å². The first kappa shape index (κ1) is 17.5. The molecule has 0 saturated carbocycles. The number of aliphatic imine (C=N–C) groups is 1. The third kappa shape index (κ3) is 3.85. The van der Waals surface area contributed by atoms with Crippen LogP contribution in [0.15, 0.2) is 65.7 Å². The highest BCUT2D eigenvalue weighted by Crippen LogP contribution is 2.27. The van der Waals surface area contributed by atoms with E-state index in [1.807, 2.05) is 41.1 Å². The zero-order valence-electron chi connectivity index (χ0n) is 15.0. The van der Waals surface area contributed by atoms with Crippen LogP contribution in [0.25, 0.3) is 5.69 Å². The maximum absolute atomic E-state index is 10.8. The van der Waals surface area contributed by atoms with Gasteiger partial charge in [-0.3, -0.25) is 10.1 Å². The lowest BCUT2D eigenvalue weighted by Gasteiger charge is -2.14. The number of hydrogen-bond acceptors (Lipinski definition) is 4. The number of nitro benzene ring substituents is 1. The number of nitrogens with zero attached hydrogens (tertiary/aromatic N) is 4. The Bertz CT molecular complexity index is 936. The molecule has 132 valence electrons. The molecular formula is C20H20N4O2. The number of nitro groups is 1. The number of aromatic nitrogens is 2. The molecule has 0 bridgehead atoms. The summed E-state index contributed by atoms with van der Waals surface area (Å²) in [5, 5.41) is 15.5. The molecule has 0 radical (unpaired) electrons. The fourth-order valence-electron chi connectivity index (χ4n) is 2.41. The summed E-state index contributed by atoms with van der Waals surface area (Å²) in [5.41, 5.74) is 2.62. The lowest BCUT2D eigenvalue weighted by molar-refractivity contribution is -0.384. The van der Waals surface area contributed by atoms with E-state index in [4.69, 9.17) is 5.10 Å². The predicted molar refractivity (Wildman–Crippen MR) is 103 cm³/mol. The van der Waals surface area contributed by atoms with Crippen molar-refractivity contribution in [1.82, 2.24) is 9.78 Å². The second-order valence-electron chi connectivity index (χ2n) is 6.99. The van der Waals surface area contributed by atoms with Gasteiger partial charge < -0.3 is 0 Å². The number of hydrogen-bond donors (Lipinski definition) is 0. The quantitative estimate of drug-likeness (QED) is 0.385. The first-order chi connectivity index (χ1) is 12.3. The Morgan fingerprint density at radius 1 is 1.08 bits per heavy atom. The van der Waals surface area contributed by atoms with Crippen LogP contribution in [0, 0.1) is 10.1 Å². The summed E-state index contributed by atoms with van der Waals surface area (Å²) in [4.78, 5) is 14.9. The molecule has 1 heterocycles. The van der Waals surface area contributed by atoms with Gasteiger partial charge in [0, 0.05) is 29.8 Å². The van der Waals surface area contributed by atoms with Crippen molar-refractivity contribution in [3.8, 4) is 5.69 Å². The third-order valence-corrected chi connectivity index (χ3v) is 3.91. The molecule has 2 aromatic carbocycles. The van der Waals surface area contributed by atoms with Gasteiger partial charge >= 0.3 is 0 Å². The molecule has 6 nitrogen and oxygen atoms in total. The topological polar surface area (TPSA) is 73.3 Å². The van der Waals surface area contributed by atoms with E-state index in [1.54, 1.807) is 18.3 Å². The average Bonchev–Trinajstić information content (AvgIpc) is 3.06. The second-order valence-corrected chi connectivity index (χ2v) is 6.99. The number of non-ortho nitro benzene ring substituents is 1. The Kier molecular flexibility index (Phi) is 4.67. The van der Waals surface area contributed by atoms with Crippen LogP contribution in [0.3, 0.4) is 0 Å². The van der Waals surface area contributed by atoms with E-state index in [1.165, 1.54) is 12.1 Å². The summed E-state index contributed by atoms with van der Waals surface area (Å²) >= 11 is 0. The highest BCUT2D eigenvalue weighted by molar-refractivity contribution is 5.82. The van der Waals surface area contributed by atoms with Gasteiger partial charge in [-0.2, -0.15) is 5.10 Å². The molecular weight excluding hydrogens is 328 g/mol. The first-order valence-corrected chi connectivity index (χ1v) is 8.29. The molecule has 3 aromatic rings. The van der Waals surface area contributed by atoms with E-state index >= 15 is 0 Å². The first-order valence-electron chi connectivity index (χ1n) is 8.29. The lowest BCUT2D eigenvalue weighted by Crippen LogP contribution is -2.12. The summed E-state index contributed by atoms with van der Waals surface area (Å²) < 4.78 is 1.81. The highest BCUT2D eigenvalue weighted by atomic mass is 16.6. The number of para-hydroxylation sites is 1. The largest absolute Gasteiger partial charge is 0.269 e. The van der Waals surface area contributed by atoms with Gasteiger partial charge in [0.15, 0.2) is 5.82 Å². The van der Waals surface area contributed by atoms with Crippen molar-refractivity contribution in [3.63, 3.8) is 0 Å². The average molecular weight is 348 g/mol. The molecule has 1 aromatic heterocycles. The fourth-order valence-corrected chi connectivity index (χ4v) is 2.41. The van der Waals surface area contributed by atoms with Crippen LogP contribution in [0.2, 0.25) is 0 Å². The van der Waals surface area contributed by atoms with Crippen molar-refractivity contribution in [2.75, 3.05) is 0 Å². The van der Waals surface area contributed by atoms with Crippen LogP contribution in [-0.4, -0.2) is 20.9 Å². The molecule has 0 fully saturated rings. The summed E-state index contributed by atoms with van der Waals surface area (Å²) in [5.74, 6) is 0.708. The van der Waals surface area contributed by atoms with Crippen LogP contribution in [0.4, 0.5) is 11.5 Å². The van der Waals surface area contributed by atoms with Gasteiger partial charge in [-0.1, -0.05) is 39.0 Å². The standard InChI is InChI=1S/C20H20N4O2/c1-20(2,3)18-13-19(23(22-18)16-7-5-4-6-8-16)21-14-15-9-11-17(12-10-15)24(25)26/h4-14H,1-3H3/b21-14+. The predicted octanol–water partition coefficient (Wildman–Crippen LogP) is 4.83. The zero-order valence-corrected chi connectivity index (χ0v) is 15.0. The van der Waals surface area contributed by atoms with Gasteiger partial charge in [-0.05, 0) is 29.8 Å². The molecule has 0 aliphatic carbocycles. The van der Waals surface area contributed by atoms with Gasteiger partial charge in [0.05, 0.1) is 16.3 Å². The summed E-state index contributed by atoms with van der Waals surface area (Å²) in [6.45, 7) is 6.32. The molecule has 0 spiro atoms. The molecule has 0 saturated heterocycles. The van der Waals surface area contributed by atoms with Gasteiger partial charge in [-0.15, -0.1) is 0 Å². The van der Waals surface area contributed by atoms with E-state index in [2.05, 4.69) is 25.8 Å². The van der Waals surface area contributed by atoms with E-state index in [9.17, 15) is 10.1 Å². The molecule has 0 aliphatic rings. The lowest BCUT2D eigenvalue weighted by atomic mass is 9.92. The van der Waals surface area contributed by atoms with Crippen molar-refractivity contribution < 1.29 is 4.92 Å². The molecule has 0 atom stereocenters. The fraction of sp³-hybridized carbons (Fsp3) is 0.200. The molecule has 0 amide bonds. The van der Waals surface area contributed by atoms with E-state index in [0.717, 1.165) is 16.9 Å². The van der Waals surface area contributed by atoms with E-state index < -0.39 is 4.92 Å². The molecule has 26 heavy (non-hydrogen) atoms. The zero-order chi connectivity index (χ0) is 18.7. The van der Waals surface area contributed by atoms with Crippen LogP contribution in [-0.2, 0) is 5.41 Å². The van der Waals surface area contributed by atoms with Crippen molar-refractivity contribution in [3.05, 3.63) is 82.0 Å². The smallest absolute Gasteiger partial charge is 0.258 e. The van der Waals surface area contributed by atoms with Gasteiger partial charge in [0.2, 0.25) is 0 Å². The molecule has 0 aliphatic heterocycles. The normalized spacial score (nSPS) is 11.8. The Morgan fingerprint density at radius 3 is 2.31 bits per heavy atom. The number of benzene rings is 2. The maximum Gasteiger partial charge on any atom is 0.269 e. The van der Waals surface area contributed by atoms with Crippen LogP contribution < -0.4 is 0 Å². The minimum atomic E-state index is -0.416. The molecule has 0 unspecified atom stereocenters. The highest BCUT2D eigenvalue weighted by Gasteiger charge is 2.20. The van der Waals surface area contributed by atoms with E-state index in [0.29, 0.717) is 5.82 Å². The maximum atomic E-state index is 10.8. The SMILES string of the molecule is CC(C)(C)c1cc(/N=C/c2ccc([N+](=O)[O-])cc2)n(-c2ccccc2)n1. The van der Waals surface area contributed by atoms with Gasteiger partial charge in [-0.25, -0.2) is 9.67 Å². The minimum absolute atomic E-state index is 0.0616. The molecule has 6 heteroatoms. The van der Waals surface area contributed by atoms with Crippen LogP contribution >= 0.6 is 0 Å². The molecule has 0 N–H and O–H groups in total. The van der Waals surface area contributed by atoms with Crippen molar-refractivity contribution >= 4 is 17.7 Å². The Hall–Kier alpha value is -3.28. The Labute approximate surface area is 152 Å². The second kappa shape index (κ2) is 6.92. The Balaban J connectivity index is 1.98. The molecule has 3 rings (SSSR count). The number of rotatable bonds is 4.